The molecule has 2 aliphatic carbocycles. The number of oxazole rings is 1. The van der Waals surface area contributed by atoms with E-state index in [2.05, 4.69) is 20.6 Å². The molecular formula is C21H26N4O2. The molecule has 0 radical (unpaired) electrons. The number of fused-ring (bicyclic) bond motifs is 2. The molecular weight excluding hydrogens is 340 g/mol. The van der Waals surface area contributed by atoms with Crippen LogP contribution in [0, 0.1) is 11.3 Å². The first kappa shape index (κ1) is 16.8. The minimum atomic E-state index is 0.340. The molecule has 1 spiro atoms. The summed E-state index contributed by atoms with van der Waals surface area (Å²) in [6, 6.07) is 10.4. The largest absolute Gasteiger partial charge is 0.444 e. The van der Waals surface area contributed by atoms with Crippen LogP contribution in [0.2, 0.25) is 0 Å². The molecule has 27 heavy (non-hydrogen) atoms. The van der Waals surface area contributed by atoms with E-state index in [4.69, 9.17) is 9.15 Å². The fourth-order valence-electron chi connectivity index (χ4n) is 5.07. The maximum Gasteiger partial charge on any atom is 0.226 e. The van der Waals surface area contributed by atoms with Crippen LogP contribution in [0.1, 0.15) is 31.4 Å². The molecule has 2 aromatic rings. The van der Waals surface area contributed by atoms with Crippen molar-refractivity contribution in [2.24, 2.45) is 16.3 Å². The van der Waals surface area contributed by atoms with Crippen molar-refractivity contribution in [1.82, 2.24) is 15.6 Å². The van der Waals surface area contributed by atoms with E-state index in [1.165, 1.54) is 19.3 Å². The molecule has 3 unspecified atom stereocenters. The molecule has 0 bridgehead atoms. The van der Waals surface area contributed by atoms with Gasteiger partial charge in [0.15, 0.2) is 5.96 Å². The number of hydrogen-bond donors (Lipinski definition) is 2. The van der Waals surface area contributed by atoms with E-state index in [0.29, 0.717) is 35.9 Å². The van der Waals surface area contributed by atoms with E-state index < -0.39 is 0 Å². The summed E-state index contributed by atoms with van der Waals surface area (Å²) < 4.78 is 11.6. The van der Waals surface area contributed by atoms with E-state index in [-0.39, 0.29) is 0 Å². The third-order valence-corrected chi connectivity index (χ3v) is 6.56. The second kappa shape index (κ2) is 6.68. The number of ether oxygens (including phenoxy) is 1. The Labute approximate surface area is 159 Å². The van der Waals surface area contributed by atoms with E-state index in [1.54, 1.807) is 6.26 Å². The first-order valence-corrected chi connectivity index (χ1v) is 9.89. The van der Waals surface area contributed by atoms with Crippen LogP contribution in [-0.2, 0) is 11.3 Å². The van der Waals surface area contributed by atoms with E-state index in [9.17, 15) is 0 Å². The van der Waals surface area contributed by atoms with Gasteiger partial charge >= 0.3 is 0 Å². The number of nitrogens with one attached hydrogen (secondary N) is 2. The third-order valence-electron chi connectivity index (χ3n) is 6.56. The lowest BCUT2D eigenvalue weighted by molar-refractivity contribution is -0.171. The van der Waals surface area contributed by atoms with E-state index in [0.717, 1.165) is 30.2 Å². The normalized spacial score (nSPS) is 28.3. The van der Waals surface area contributed by atoms with Gasteiger partial charge in [0.2, 0.25) is 5.89 Å². The third kappa shape index (κ3) is 2.74. The van der Waals surface area contributed by atoms with Crippen LogP contribution in [0.25, 0.3) is 11.5 Å². The van der Waals surface area contributed by atoms with Gasteiger partial charge in [0.25, 0.3) is 0 Å². The maximum absolute atomic E-state index is 6.01. The topological polar surface area (TPSA) is 71.7 Å². The lowest BCUT2D eigenvalue weighted by Crippen LogP contribution is -2.72. The summed E-state index contributed by atoms with van der Waals surface area (Å²) in [6.45, 7) is 1.49. The van der Waals surface area contributed by atoms with Crippen molar-refractivity contribution in [3.8, 4) is 11.5 Å². The van der Waals surface area contributed by atoms with Crippen LogP contribution >= 0.6 is 0 Å². The van der Waals surface area contributed by atoms with Gasteiger partial charge in [-0.05, 0) is 31.4 Å². The van der Waals surface area contributed by atoms with Crippen molar-refractivity contribution in [2.75, 3.05) is 13.7 Å². The molecule has 6 heteroatoms. The Morgan fingerprint density at radius 1 is 1.30 bits per heavy atom. The molecule has 3 atom stereocenters. The van der Waals surface area contributed by atoms with Crippen LogP contribution in [-0.4, -0.2) is 36.7 Å². The van der Waals surface area contributed by atoms with Crippen LogP contribution in [0.3, 0.4) is 0 Å². The second-order valence-electron chi connectivity index (χ2n) is 7.89. The van der Waals surface area contributed by atoms with Crippen LogP contribution < -0.4 is 10.6 Å². The van der Waals surface area contributed by atoms with E-state index in [1.807, 2.05) is 37.4 Å². The fourth-order valence-corrected chi connectivity index (χ4v) is 5.07. The van der Waals surface area contributed by atoms with Crippen LogP contribution in [0.15, 0.2) is 46.0 Å². The smallest absolute Gasteiger partial charge is 0.226 e. The zero-order valence-electron chi connectivity index (χ0n) is 15.6. The summed E-state index contributed by atoms with van der Waals surface area (Å²) >= 11 is 0. The molecule has 3 aliphatic rings. The second-order valence-corrected chi connectivity index (χ2v) is 7.89. The Bertz CT molecular complexity index is 828. The highest BCUT2D eigenvalue weighted by Crippen LogP contribution is 2.62. The molecule has 2 heterocycles. The number of aliphatic imine (C=N–C) groups is 1. The summed E-state index contributed by atoms with van der Waals surface area (Å²) in [5.74, 6) is 2.11. The van der Waals surface area contributed by atoms with Crippen LogP contribution in [0.4, 0.5) is 0 Å². The van der Waals surface area contributed by atoms with Gasteiger partial charge in [0.05, 0.1) is 18.3 Å². The SMILES string of the molecule is CN=C(NCc1coc(-c2ccccc2)n1)NC1C2CCOC2C12CCC2. The van der Waals surface area contributed by atoms with Gasteiger partial charge in [-0.3, -0.25) is 4.99 Å². The molecule has 5 rings (SSSR count). The van der Waals surface area contributed by atoms with Gasteiger partial charge in [-0.25, -0.2) is 4.98 Å². The highest BCUT2D eigenvalue weighted by molar-refractivity contribution is 5.80. The highest BCUT2D eigenvalue weighted by atomic mass is 16.5. The quantitative estimate of drug-likeness (QED) is 0.643. The first-order chi connectivity index (χ1) is 13.3. The van der Waals surface area contributed by atoms with Crippen molar-refractivity contribution in [1.29, 1.82) is 0 Å². The van der Waals surface area contributed by atoms with Gasteiger partial charge < -0.3 is 19.8 Å². The average Bonchev–Trinajstić information content (AvgIpc) is 3.30. The number of nitrogens with zero attached hydrogens (tertiary/aromatic N) is 2. The Kier molecular flexibility index (Phi) is 4.16. The van der Waals surface area contributed by atoms with Crippen LogP contribution in [0.5, 0.6) is 0 Å². The molecule has 1 aliphatic heterocycles. The summed E-state index contributed by atoms with van der Waals surface area (Å²) in [6.07, 6.45) is 7.19. The van der Waals surface area contributed by atoms with Gasteiger partial charge in [-0.15, -0.1) is 0 Å². The Morgan fingerprint density at radius 2 is 2.15 bits per heavy atom. The van der Waals surface area contributed by atoms with Gasteiger partial charge in [-0.1, -0.05) is 24.6 Å². The standard InChI is InChI=1S/C21H26N4O2/c1-22-20(25-17-16-8-11-26-18(16)21(17)9-5-10-21)23-12-15-13-27-19(24-15)14-6-3-2-4-7-14/h2-4,6-7,13,16-18H,5,8-12H2,1H3,(H2,22,23,25). The summed E-state index contributed by atoms with van der Waals surface area (Å²) in [5, 5.41) is 7.07. The molecule has 2 N–H and O–H groups in total. The zero-order chi connectivity index (χ0) is 18.3. The van der Waals surface area contributed by atoms with Crippen molar-refractivity contribution >= 4 is 5.96 Å². The summed E-state index contributed by atoms with van der Waals surface area (Å²) in [5.41, 5.74) is 2.19. The van der Waals surface area contributed by atoms with Crippen molar-refractivity contribution < 1.29 is 9.15 Å². The zero-order valence-corrected chi connectivity index (χ0v) is 15.6. The lowest BCUT2D eigenvalue weighted by Gasteiger charge is -2.63. The van der Waals surface area contributed by atoms with Crippen molar-refractivity contribution in [3.05, 3.63) is 42.3 Å². The summed E-state index contributed by atoms with van der Waals surface area (Å²) in [4.78, 5) is 9.00. The number of rotatable bonds is 4. The Hall–Kier alpha value is -2.34. The van der Waals surface area contributed by atoms with Crippen molar-refractivity contribution in [3.63, 3.8) is 0 Å². The summed E-state index contributed by atoms with van der Waals surface area (Å²) in [7, 11) is 1.82. The number of guanidine groups is 1. The Balaban J connectivity index is 1.21. The minimum Gasteiger partial charge on any atom is -0.444 e. The highest BCUT2D eigenvalue weighted by Gasteiger charge is 2.66. The maximum atomic E-state index is 6.01. The fraction of sp³-hybridized carbons (Fsp3) is 0.524. The van der Waals surface area contributed by atoms with Gasteiger partial charge in [0, 0.05) is 36.6 Å². The molecule has 3 fully saturated rings. The molecule has 6 nitrogen and oxygen atoms in total. The van der Waals surface area contributed by atoms with E-state index >= 15 is 0 Å². The number of benzene rings is 1. The minimum absolute atomic E-state index is 0.340. The monoisotopic (exact) mass is 366 g/mol. The Morgan fingerprint density at radius 3 is 2.89 bits per heavy atom. The predicted octanol–water partition coefficient (Wildman–Crippen LogP) is 2.96. The van der Waals surface area contributed by atoms with Crippen molar-refractivity contribution in [2.45, 2.75) is 44.4 Å². The molecule has 142 valence electrons. The van der Waals surface area contributed by atoms with Gasteiger partial charge in [0.1, 0.15) is 6.26 Å². The first-order valence-electron chi connectivity index (χ1n) is 9.89. The molecule has 1 aromatic carbocycles. The molecule has 1 aromatic heterocycles. The molecule has 0 amide bonds. The lowest BCUT2D eigenvalue weighted by atomic mass is 9.46. The average molecular weight is 366 g/mol. The molecule has 2 saturated carbocycles. The van der Waals surface area contributed by atoms with Gasteiger partial charge in [-0.2, -0.15) is 0 Å². The predicted molar refractivity (Wildman–Crippen MR) is 103 cm³/mol. The number of hydrogen-bond acceptors (Lipinski definition) is 4. The number of aromatic nitrogens is 1. The molecule has 1 saturated heterocycles.